The molecule has 258 valence electrons. The van der Waals surface area contributed by atoms with Crippen LogP contribution in [0.3, 0.4) is 0 Å². The molecule has 1 saturated carbocycles. The molecule has 13 heteroatoms. The molecule has 2 fully saturated rings. The number of hydrogen-bond donors (Lipinski definition) is 1. The predicted octanol–water partition coefficient (Wildman–Crippen LogP) is 6.18. The number of aromatic nitrogens is 2. The van der Waals surface area contributed by atoms with E-state index in [1.165, 1.54) is 7.11 Å². The van der Waals surface area contributed by atoms with Crippen molar-refractivity contribution in [2.24, 2.45) is 17.3 Å². The van der Waals surface area contributed by atoms with E-state index in [-0.39, 0.29) is 11.8 Å². The number of rotatable bonds is 2. The van der Waals surface area contributed by atoms with Crippen molar-refractivity contribution in [2.75, 3.05) is 13.7 Å². The lowest BCUT2D eigenvalue weighted by Gasteiger charge is -2.37. The minimum Gasteiger partial charge on any atom is -0.497 e. The average molecular weight is 663 g/mol. The number of alkyl halides is 3. The zero-order valence-electron chi connectivity index (χ0n) is 27.9. The van der Waals surface area contributed by atoms with Gasteiger partial charge in [0.05, 0.1) is 24.7 Å². The minimum atomic E-state index is -4.90. The number of Topliss-reactive ketones (excluding diaryl/α,β-unsaturated/α-hetero) is 1. The molecule has 1 aromatic carbocycles. The van der Waals surface area contributed by atoms with Gasteiger partial charge in [-0.15, -0.1) is 0 Å². The first-order valence-electron chi connectivity index (χ1n) is 16.4. The maximum absolute atomic E-state index is 14.9. The van der Waals surface area contributed by atoms with Crippen molar-refractivity contribution in [3.8, 4) is 11.6 Å². The molecular weight excluding hydrogens is 617 g/mol. The Kier molecular flexibility index (Phi) is 9.67. The van der Waals surface area contributed by atoms with Gasteiger partial charge in [0.15, 0.2) is 5.78 Å². The van der Waals surface area contributed by atoms with Gasteiger partial charge in [0.1, 0.15) is 41.2 Å². The molecule has 2 aromatic rings. The van der Waals surface area contributed by atoms with Crippen molar-refractivity contribution in [1.29, 1.82) is 0 Å². The zero-order valence-corrected chi connectivity index (χ0v) is 27.9. The lowest BCUT2D eigenvalue weighted by molar-refractivity contribution is -0.197. The second-order valence-electron chi connectivity index (χ2n) is 14.4. The van der Waals surface area contributed by atoms with Gasteiger partial charge in [0.25, 0.3) is 0 Å². The summed E-state index contributed by atoms with van der Waals surface area (Å²) < 4.78 is 62.0. The van der Waals surface area contributed by atoms with Crippen molar-refractivity contribution in [3.05, 3.63) is 23.9 Å². The Hall–Kier alpha value is -3.64. The van der Waals surface area contributed by atoms with Crippen LogP contribution < -0.4 is 14.8 Å². The molecule has 0 spiro atoms. The maximum atomic E-state index is 14.9. The van der Waals surface area contributed by atoms with Crippen molar-refractivity contribution in [2.45, 2.75) is 116 Å². The largest absolute Gasteiger partial charge is 0.497 e. The van der Waals surface area contributed by atoms with Gasteiger partial charge >= 0.3 is 12.3 Å². The number of carbonyl (C=O) groups is 3. The molecule has 1 saturated heterocycles. The molecule has 5 rings (SSSR count). The van der Waals surface area contributed by atoms with Gasteiger partial charge in [-0.2, -0.15) is 13.2 Å². The topological polar surface area (TPSA) is 120 Å². The highest BCUT2D eigenvalue weighted by atomic mass is 19.4. The van der Waals surface area contributed by atoms with E-state index >= 15 is 0 Å². The van der Waals surface area contributed by atoms with Crippen LogP contribution in [0, 0.1) is 17.3 Å². The lowest BCUT2D eigenvalue weighted by Crippen LogP contribution is -2.58. The SMILES string of the molecule is COc1ccc2nc3c(nc2c1)O[C@H]1CN(C(=O)[C@H](C(C)(C)C)NC(=O)O[C@]2(C)CCC[C@H]2CCCCC3)[C@H](C(C)=O)[C@@H]1C(F)(F)F. The molecular formula is C34H45F3N4O6. The summed E-state index contributed by atoms with van der Waals surface area (Å²) in [6, 6.07) is 1.93. The van der Waals surface area contributed by atoms with Gasteiger partial charge < -0.3 is 24.4 Å². The van der Waals surface area contributed by atoms with E-state index in [1.807, 2.05) is 6.92 Å². The fourth-order valence-electron chi connectivity index (χ4n) is 7.43. The summed E-state index contributed by atoms with van der Waals surface area (Å²) in [5.41, 5.74) is -0.358. The fourth-order valence-corrected chi connectivity index (χ4v) is 7.43. The standard InChI is InChI=1S/C34H45F3N4O6/c1-19(42)27-26(34(35,36)37)25-18-41(27)30(43)28(32(2,3)4)40-31(44)47-33(5)16-10-12-20(33)11-8-7-9-13-23-29(46-25)39-24-17-21(45-6)14-15-22(24)38-23/h14-15,17,20,25-28H,7-13,16,18H2,1-6H3,(H,40,44)/t20-,25+,26-,27-,28-,33-/m1/s1. The molecule has 1 aromatic heterocycles. The van der Waals surface area contributed by atoms with Crippen molar-refractivity contribution >= 4 is 28.8 Å². The minimum absolute atomic E-state index is 0.0693. The second-order valence-corrected chi connectivity index (χ2v) is 14.4. The van der Waals surface area contributed by atoms with E-state index in [0.29, 0.717) is 41.7 Å². The Morgan fingerprint density at radius 3 is 2.45 bits per heavy atom. The molecule has 2 amide bonds. The van der Waals surface area contributed by atoms with Crippen molar-refractivity contribution < 1.29 is 41.8 Å². The van der Waals surface area contributed by atoms with Gasteiger partial charge in [-0.3, -0.25) is 9.59 Å². The number of fused-ring (bicyclic) bond motifs is 5. The van der Waals surface area contributed by atoms with Crippen LogP contribution in [0.4, 0.5) is 18.0 Å². The van der Waals surface area contributed by atoms with E-state index in [2.05, 4.69) is 10.3 Å². The Bertz CT molecular complexity index is 1510. The van der Waals surface area contributed by atoms with E-state index in [9.17, 15) is 27.6 Å². The number of hydrogen-bond acceptors (Lipinski definition) is 8. The molecule has 0 radical (unpaired) electrons. The maximum Gasteiger partial charge on any atom is 0.408 e. The molecule has 6 atom stereocenters. The number of halogens is 3. The molecule has 2 bridgehead atoms. The number of alkyl carbamates (subject to hydrolysis) is 1. The number of aryl methyl sites for hydroxylation is 1. The van der Waals surface area contributed by atoms with Crippen LogP contribution in [0.5, 0.6) is 11.6 Å². The highest BCUT2D eigenvalue weighted by molar-refractivity contribution is 5.93. The fraction of sp³-hybridized carbons (Fsp3) is 0.676. The average Bonchev–Trinajstić information content (AvgIpc) is 3.54. The summed E-state index contributed by atoms with van der Waals surface area (Å²) in [6.45, 7) is 7.48. The Balaban J connectivity index is 1.60. The number of nitrogens with zero attached hydrogens (tertiary/aromatic N) is 3. The van der Waals surface area contributed by atoms with Crippen LogP contribution in [-0.4, -0.2) is 76.3 Å². The van der Waals surface area contributed by atoms with Gasteiger partial charge in [-0.05, 0) is 75.8 Å². The van der Waals surface area contributed by atoms with E-state index < -0.39 is 65.6 Å². The van der Waals surface area contributed by atoms with Crippen molar-refractivity contribution in [1.82, 2.24) is 20.2 Å². The van der Waals surface area contributed by atoms with Gasteiger partial charge in [-0.25, -0.2) is 14.8 Å². The normalized spacial score (nSPS) is 29.6. The second kappa shape index (κ2) is 13.1. The summed E-state index contributed by atoms with van der Waals surface area (Å²) in [4.78, 5) is 50.8. The third kappa shape index (κ3) is 7.28. The monoisotopic (exact) mass is 662 g/mol. The Morgan fingerprint density at radius 2 is 1.79 bits per heavy atom. The summed E-state index contributed by atoms with van der Waals surface area (Å²) in [5.74, 6) is -3.46. The predicted molar refractivity (Wildman–Crippen MR) is 167 cm³/mol. The molecule has 3 heterocycles. The van der Waals surface area contributed by atoms with E-state index in [0.717, 1.165) is 43.9 Å². The number of benzene rings is 1. The molecule has 1 N–H and O–H groups in total. The highest BCUT2D eigenvalue weighted by Gasteiger charge is 2.61. The number of nitrogens with one attached hydrogen (secondary N) is 1. The van der Waals surface area contributed by atoms with Crippen LogP contribution in [0.15, 0.2) is 18.2 Å². The molecule has 3 aliphatic rings. The van der Waals surface area contributed by atoms with Crippen LogP contribution in [0.1, 0.15) is 85.3 Å². The highest BCUT2D eigenvalue weighted by Crippen LogP contribution is 2.44. The summed E-state index contributed by atoms with van der Waals surface area (Å²) in [6.07, 6.45) is -1.32. The molecule has 47 heavy (non-hydrogen) atoms. The molecule has 10 nitrogen and oxygen atoms in total. The van der Waals surface area contributed by atoms with Gasteiger partial charge in [0, 0.05) is 6.07 Å². The van der Waals surface area contributed by atoms with Crippen LogP contribution in [-0.2, 0) is 20.7 Å². The number of amides is 2. The van der Waals surface area contributed by atoms with Crippen LogP contribution >= 0.6 is 0 Å². The third-order valence-corrected chi connectivity index (χ3v) is 9.96. The summed E-state index contributed by atoms with van der Waals surface area (Å²) >= 11 is 0. The first-order valence-corrected chi connectivity index (χ1v) is 16.4. The molecule has 1 aliphatic carbocycles. The summed E-state index contributed by atoms with van der Waals surface area (Å²) in [7, 11) is 1.49. The lowest BCUT2D eigenvalue weighted by atomic mass is 9.85. The summed E-state index contributed by atoms with van der Waals surface area (Å²) in [5, 5.41) is 2.67. The quantitative estimate of drug-likeness (QED) is 0.405. The zero-order chi connectivity index (χ0) is 34.3. The molecule has 2 aliphatic heterocycles. The Morgan fingerprint density at radius 1 is 1.06 bits per heavy atom. The van der Waals surface area contributed by atoms with Gasteiger partial charge in [0.2, 0.25) is 11.8 Å². The van der Waals surface area contributed by atoms with Gasteiger partial charge in [-0.1, -0.05) is 33.6 Å². The number of methoxy groups -OCH3 is 1. The van der Waals surface area contributed by atoms with Crippen molar-refractivity contribution in [3.63, 3.8) is 0 Å². The first-order chi connectivity index (χ1) is 22.0. The number of ketones is 1. The van der Waals surface area contributed by atoms with Crippen LogP contribution in [0.25, 0.3) is 11.0 Å². The van der Waals surface area contributed by atoms with E-state index in [1.54, 1.807) is 39.0 Å². The molecule has 0 unspecified atom stereocenters. The number of ether oxygens (including phenoxy) is 3. The Labute approximate surface area is 273 Å². The number of carbonyl (C=O) groups excluding carboxylic acids is 3. The first kappa shape index (κ1) is 34.7. The van der Waals surface area contributed by atoms with Crippen LogP contribution in [0.2, 0.25) is 0 Å². The smallest absolute Gasteiger partial charge is 0.408 e. The van der Waals surface area contributed by atoms with E-state index in [4.69, 9.17) is 19.2 Å². The third-order valence-electron chi connectivity index (χ3n) is 9.96.